The summed E-state index contributed by atoms with van der Waals surface area (Å²) in [6.07, 6.45) is 2.10. The molecule has 0 rings (SSSR count). The molecule has 0 fully saturated rings. The molecule has 0 saturated carbocycles. The van der Waals surface area contributed by atoms with E-state index in [1.165, 1.54) is 0 Å². The van der Waals surface area contributed by atoms with Crippen molar-refractivity contribution in [3.05, 3.63) is 0 Å². The van der Waals surface area contributed by atoms with Crippen LogP contribution in [0.3, 0.4) is 0 Å². The molecule has 9 heavy (non-hydrogen) atoms. The summed E-state index contributed by atoms with van der Waals surface area (Å²) in [6, 6.07) is 0. The Kier molecular flexibility index (Phi) is 2.56. The van der Waals surface area contributed by atoms with E-state index in [1.807, 2.05) is 0 Å². The number of carbonyl (C=O) groups is 1. The highest BCUT2D eigenvalue weighted by Crippen LogP contribution is 2.13. The van der Waals surface area contributed by atoms with Crippen LogP contribution in [0.25, 0.3) is 0 Å². The SMILES string of the molecule is CCC(=O)C(C)(C)[C]=O. The fraction of sp³-hybridized carbons (Fsp3) is 0.714. The molecular formula is C7H11O2. The lowest BCUT2D eigenvalue weighted by molar-refractivity contribution is -0.123. The van der Waals surface area contributed by atoms with Crippen molar-refractivity contribution in [2.75, 3.05) is 0 Å². The largest absolute Gasteiger partial charge is 0.299 e. The first-order valence-corrected chi connectivity index (χ1v) is 2.97. The van der Waals surface area contributed by atoms with Gasteiger partial charge in [-0.2, -0.15) is 0 Å². The number of hydrogen-bond donors (Lipinski definition) is 0. The molecule has 0 atom stereocenters. The second-order valence-corrected chi connectivity index (χ2v) is 2.50. The minimum atomic E-state index is -0.894. The van der Waals surface area contributed by atoms with Crippen LogP contribution in [-0.4, -0.2) is 12.1 Å². The van der Waals surface area contributed by atoms with E-state index >= 15 is 0 Å². The zero-order chi connectivity index (χ0) is 7.49. The number of rotatable bonds is 3. The number of ketones is 1. The van der Waals surface area contributed by atoms with Crippen LogP contribution in [0, 0.1) is 5.41 Å². The first-order chi connectivity index (χ1) is 4.04. The van der Waals surface area contributed by atoms with E-state index in [-0.39, 0.29) is 5.78 Å². The Balaban J connectivity index is 4.14. The predicted octanol–water partition coefficient (Wildman–Crippen LogP) is 1.10. The zero-order valence-electron chi connectivity index (χ0n) is 6.02. The minimum Gasteiger partial charge on any atom is -0.299 e. The highest BCUT2D eigenvalue weighted by Gasteiger charge is 2.25. The van der Waals surface area contributed by atoms with Crippen LogP contribution in [0.1, 0.15) is 27.2 Å². The summed E-state index contributed by atoms with van der Waals surface area (Å²) in [7, 11) is 0. The van der Waals surface area contributed by atoms with Crippen molar-refractivity contribution in [2.24, 2.45) is 5.41 Å². The third-order valence-electron chi connectivity index (χ3n) is 1.27. The van der Waals surface area contributed by atoms with Gasteiger partial charge in [-0.1, -0.05) is 6.92 Å². The van der Waals surface area contributed by atoms with Gasteiger partial charge in [0.1, 0.15) is 5.78 Å². The third-order valence-corrected chi connectivity index (χ3v) is 1.27. The smallest absolute Gasteiger partial charge is 0.212 e. The van der Waals surface area contributed by atoms with Crippen LogP contribution in [-0.2, 0) is 9.59 Å². The summed E-state index contributed by atoms with van der Waals surface area (Å²) in [5.74, 6) is -0.0579. The lowest BCUT2D eigenvalue weighted by Crippen LogP contribution is -2.24. The Morgan fingerprint density at radius 2 is 2.00 bits per heavy atom. The summed E-state index contributed by atoms with van der Waals surface area (Å²) >= 11 is 0. The number of carbonyl (C=O) groups excluding carboxylic acids is 2. The molecule has 0 aromatic heterocycles. The average molecular weight is 127 g/mol. The van der Waals surface area contributed by atoms with Crippen molar-refractivity contribution in [2.45, 2.75) is 27.2 Å². The number of Topliss-reactive ketones (excluding diaryl/α,β-unsaturated/α-hetero) is 1. The molecule has 0 unspecified atom stereocenters. The third kappa shape index (κ3) is 1.96. The average Bonchev–Trinajstić information content (AvgIpc) is 1.86. The monoisotopic (exact) mass is 127 g/mol. The molecule has 2 heteroatoms. The summed E-state index contributed by atoms with van der Waals surface area (Å²) in [5, 5.41) is 0. The van der Waals surface area contributed by atoms with Crippen LogP contribution < -0.4 is 0 Å². The molecule has 0 spiro atoms. The molecule has 0 saturated heterocycles. The van der Waals surface area contributed by atoms with Gasteiger partial charge in [0, 0.05) is 6.42 Å². The van der Waals surface area contributed by atoms with Gasteiger partial charge in [0.15, 0.2) is 0 Å². The molecule has 0 aliphatic rings. The highest BCUT2D eigenvalue weighted by molar-refractivity contribution is 5.97. The fourth-order valence-corrected chi connectivity index (χ4v) is 0.499. The van der Waals surface area contributed by atoms with E-state index in [4.69, 9.17) is 0 Å². The quantitative estimate of drug-likeness (QED) is 0.532. The second-order valence-electron chi connectivity index (χ2n) is 2.50. The minimum absolute atomic E-state index is 0.0579. The van der Waals surface area contributed by atoms with E-state index in [0.717, 1.165) is 0 Å². The van der Waals surface area contributed by atoms with Crippen molar-refractivity contribution in [3.63, 3.8) is 0 Å². The maximum absolute atomic E-state index is 10.8. The Morgan fingerprint density at radius 3 is 2.11 bits per heavy atom. The molecule has 0 N–H and O–H groups in total. The van der Waals surface area contributed by atoms with Gasteiger partial charge in [0.25, 0.3) is 0 Å². The van der Waals surface area contributed by atoms with Gasteiger partial charge in [-0.3, -0.25) is 9.59 Å². The van der Waals surface area contributed by atoms with Gasteiger partial charge < -0.3 is 0 Å². The van der Waals surface area contributed by atoms with Crippen LogP contribution in [0.5, 0.6) is 0 Å². The van der Waals surface area contributed by atoms with Crippen molar-refractivity contribution in [1.82, 2.24) is 0 Å². The Morgan fingerprint density at radius 1 is 1.56 bits per heavy atom. The Hall–Kier alpha value is -0.660. The molecule has 0 heterocycles. The van der Waals surface area contributed by atoms with Crippen molar-refractivity contribution < 1.29 is 9.59 Å². The van der Waals surface area contributed by atoms with Gasteiger partial charge in [-0.05, 0) is 13.8 Å². The summed E-state index contributed by atoms with van der Waals surface area (Å²) in [6.45, 7) is 4.89. The van der Waals surface area contributed by atoms with E-state index in [9.17, 15) is 9.59 Å². The molecule has 0 aliphatic heterocycles. The van der Waals surface area contributed by atoms with Gasteiger partial charge in [0.2, 0.25) is 6.29 Å². The van der Waals surface area contributed by atoms with Crippen LogP contribution in [0.15, 0.2) is 0 Å². The molecular weight excluding hydrogens is 116 g/mol. The van der Waals surface area contributed by atoms with Gasteiger partial charge in [0.05, 0.1) is 5.41 Å². The second kappa shape index (κ2) is 2.76. The predicted molar refractivity (Wildman–Crippen MR) is 34.8 cm³/mol. The molecule has 0 aromatic rings. The Bertz CT molecular complexity index is 125. The first-order valence-electron chi connectivity index (χ1n) is 2.97. The summed E-state index contributed by atoms with van der Waals surface area (Å²) in [4.78, 5) is 20.9. The molecule has 51 valence electrons. The lowest BCUT2D eigenvalue weighted by Gasteiger charge is -2.10. The molecule has 0 aliphatic carbocycles. The Labute approximate surface area is 55.3 Å². The fourth-order valence-electron chi connectivity index (χ4n) is 0.499. The standard InChI is InChI=1S/C7H11O2/c1-4-6(9)7(2,3)5-8/h4H2,1-3H3. The van der Waals surface area contributed by atoms with Crippen molar-refractivity contribution in [3.8, 4) is 0 Å². The lowest BCUT2D eigenvalue weighted by atomic mass is 9.89. The normalized spacial score (nSPS) is 11.0. The van der Waals surface area contributed by atoms with Gasteiger partial charge >= 0.3 is 0 Å². The molecule has 0 bridgehead atoms. The van der Waals surface area contributed by atoms with Crippen LogP contribution >= 0.6 is 0 Å². The topological polar surface area (TPSA) is 34.1 Å². The van der Waals surface area contributed by atoms with Crippen LogP contribution in [0.2, 0.25) is 0 Å². The van der Waals surface area contributed by atoms with E-state index < -0.39 is 5.41 Å². The molecule has 2 nitrogen and oxygen atoms in total. The van der Waals surface area contributed by atoms with E-state index in [0.29, 0.717) is 6.42 Å². The number of hydrogen-bond acceptors (Lipinski definition) is 2. The van der Waals surface area contributed by atoms with Crippen molar-refractivity contribution in [1.29, 1.82) is 0 Å². The summed E-state index contributed by atoms with van der Waals surface area (Å²) < 4.78 is 0. The highest BCUT2D eigenvalue weighted by atomic mass is 16.1. The van der Waals surface area contributed by atoms with Crippen LogP contribution in [0.4, 0.5) is 0 Å². The van der Waals surface area contributed by atoms with E-state index in [2.05, 4.69) is 0 Å². The maximum atomic E-state index is 10.8. The molecule has 0 aromatic carbocycles. The molecule has 1 radical (unpaired) electrons. The maximum Gasteiger partial charge on any atom is 0.212 e. The van der Waals surface area contributed by atoms with Gasteiger partial charge in [-0.15, -0.1) is 0 Å². The summed E-state index contributed by atoms with van der Waals surface area (Å²) in [5.41, 5.74) is -0.894. The zero-order valence-corrected chi connectivity index (χ0v) is 6.02. The van der Waals surface area contributed by atoms with Crippen molar-refractivity contribution >= 4 is 12.1 Å². The van der Waals surface area contributed by atoms with Gasteiger partial charge in [-0.25, -0.2) is 0 Å². The molecule has 0 amide bonds. The van der Waals surface area contributed by atoms with E-state index in [1.54, 1.807) is 27.1 Å². The first kappa shape index (κ1) is 8.34.